The molecule has 1 aliphatic rings. The Hall–Kier alpha value is -4.13. The molecule has 174 valence electrons. The summed E-state index contributed by atoms with van der Waals surface area (Å²) in [5.74, 6) is 0.928. The standard InChI is InChI=1S/C27H26N2O5/c1-17-9-11-19(12-10-17)27(31)29-23(20-13-14-25(32-3)26(15-20)33-4)16-22(28-29)21-7-5-6-8-24(21)34-18(2)30/h5-15,23H,16H2,1-4H3. The monoisotopic (exact) mass is 458 g/mol. The molecule has 0 bridgehead atoms. The number of hydrogen-bond donors (Lipinski definition) is 0. The second-order valence-corrected chi connectivity index (χ2v) is 7.99. The number of para-hydroxylation sites is 1. The molecular weight excluding hydrogens is 432 g/mol. The fourth-order valence-corrected chi connectivity index (χ4v) is 3.96. The Kier molecular flexibility index (Phi) is 6.63. The Morgan fingerprint density at radius 3 is 2.29 bits per heavy atom. The maximum absolute atomic E-state index is 13.5. The van der Waals surface area contributed by atoms with Crippen LogP contribution in [0, 0.1) is 6.92 Å². The highest BCUT2D eigenvalue weighted by Crippen LogP contribution is 2.39. The first-order chi connectivity index (χ1) is 16.4. The lowest BCUT2D eigenvalue weighted by Gasteiger charge is -2.23. The lowest BCUT2D eigenvalue weighted by Crippen LogP contribution is -2.27. The van der Waals surface area contributed by atoms with Gasteiger partial charge in [0.2, 0.25) is 0 Å². The number of amides is 1. The van der Waals surface area contributed by atoms with Crippen LogP contribution in [-0.2, 0) is 4.79 Å². The molecule has 0 spiro atoms. The molecule has 0 radical (unpaired) electrons. The third-order valence-electron chi connectivity index (χ3n) is 5.66. The van der Waals surface area contributed by atoms with Crippen molar-refractivity contribution < 1.29 is 23.8 Å². The van der Waals surface area contributed by atoms with E-state index >= 15 is 0 Å². The number of hydrogen-bond acceptors (Lipinski definition) is 6. The first kappa shape index (κ1) is 23.0. The van der Waals surface area contributed by atoms with E-state index in [2.05, 4.69) is 0 Å². The predicted molar refractivity (Wildman–Crippen MR) is 129 cm³/mol. The quantitative estimate of drug-likeness (QED) is 0.387. The van der Waals surface area contributed by atoms with Crippen LogP contribution in [0.4, 0.5) is 0 Å². The molecule has 0 aromatic heterocycles. The number of nitrogens with zero attached hydrogens (tertiary/aromatic N) is 2. The van der Waals surface area contributed by atoms with Crippen molar-refractivity contribution in [1.82, 2.24) is 5.01 Å². The molecular formula is C27H26N2O5. The summed E-state index contributed by atoms with van der Waals surface area (Å²) in [7, 11) is 3.15. The van der Waals surface area contributed by atoms with Gasteiger partial charge >= 0.3 is 5.97 Å². The zero-order valence-electron chi connectivity index (χ0n) is 19.6. The van der Waals surface area contributed by atoms with Gasteiger partial charge in [-0.15, -0.1) is 0 Å². The summed E-state index contributed by atoms with van der Waals surface area (Å²) in [5.41, 5.74) is 3.77. The first-order valence-corrected chi connectivity index (χ1v) is 10.9. The summed E-state index contributed by atoms with van der Waals surface area (Å²) in [6.45, 7) is 3.33. The van der Waals surface area contributed by atoms with Crippen molar-refractivity contribution in [2.45, 2.75) is 26.3 Å². The molecule has 3 aromatic rings. The Bertz CT molecular complexity index is 1250. The fourth-order valence-electron chi connectivity index (χ4n) is 3.96. The van der Waals surface area contributed by atoms with Gasteiger partial charge in [-0.3, -0.25) is 9.59 Å². The molecule has 1 atom stereocenters. The second kappa shape index (κ2) is 9.79. The molecule has 1 unspecified atom stereocenters. The topological polar surface area (TPSA) is 77.4 Å². The van der Waals surface area contributed by atoms with Gasteiger partial charge in [-0.1, -0.05) is 35.9 Å². The van der Waals surface area contributed by atoms with Crippen LogP contribution in [0.25, 0.3) is 0 Å². The molecule has 0 saturated heterocycles. The van der Waals surface area contributed by atoms with Crippen LogP contribution in [0.2, 0.25) is 0 Å². The number of methoxy groups -OCH3 is 2. The van der Waals surface area contributed by atoms with Gasteiger partial charge in [0.15, 0.2) is 11.5 Å². The Morgan fingerprint density at radius 1 is 0.912 bits per heavy atom. The van der Waals surface area contributed by atoms with Crippen molar-refractivity contribution in [1.29, 1.82) is 0 Å². The number of carbonyl (C=O) groups excluding carboxylic acids is 2. The molecule has 7 heteroatoms. The molecule has 1 heterocycles. The van der Waals surface area contributed by atoms with Crippen molar-refractivity contribution >= 4 is 17.6 Å². The van der Waals surface area contributed by atoms with E-state index in [-0.39, 0.29) is 11.9 Å². The molecule has 34 heavy (non-hydrogen) atoms. The van der Waals surface area contributed by atoms with Gasteiger partial charge in [-0.05, 0) is 48.9 Å². The van der Waals surface area contributed by atoms with Crippen molar-refractivity contribution in [2.24, 2.45) is 5.10 Å². The summed E-state index contributed by atoms with van der Waals surface area (Å²) in [6, 6.07) is 19.8. The van der Waals surface area contributed by atoms with Crippen LogP contribution in [-0.4, -0.2) is 36.8 Å². The van der Waals surface area contributed by atoms with Crippen LogP contribution in [0.1, 0.15) is 46.4 Å². The van der Waals surface area contributed by atoms with Gasteiger partial charge in [-0.2, -0.15) is 5.10 Å². The van der Waals surface area contributed by atoms with Crippen molar-refractivity contribution in [3.8, 4) is 17.2 Å². The van der Waals surface area contributed by atoms with Crippen LogP contribution < -0.4 is 14.2 Å². The molecule has 4 rings (SSSR count). The third kappa shape index (κ3) is 4.64. The average molecular weight is 459 g/mol. The molecule has 0 fully saturated rings. The Morgan fingerprint density at radius 2 is 1.62 bits per heavy atom. The largest absolute Gasteiger partial charge is 0.493 e. The number of benzene rings is 3. The van der Waals surface area contributed by atoms with Crippen LogP contribution in [0.5, 0.6) is 17.2 Å². The van der Waals surface area contributed by atoms with Gasteiger partial charge in [0.25, 0.3) is 5.91 Å². The Balaban J connectivity index is 1.78. The zero-order valence-corrected chi connectivity index (χ0v) is 19.6. The summed E-state index contributed by atoms with van der Waals surface area (Å²) in [6.07, 6.45) is 0.436. The van der Waals surface area contributed by atoms with E-state index in [1.54, 1.807) is 38.5 Å². The van der Waals surface area contributed by atoms with Gasteiger partial charge in [0.1, 0.15) is 5.75 Å². The van der Waals surface area contributed by atoms with E-state index in [1.807, 2.05) is 49.4 Å². The minimum Gasteiger partial charge on any atom is -0.493 e. The normalized spacial score (nSPS) is 15.0. The smallest absolute Gasteiger partial charge is 0.308 e. The number of aryl methyl sites for hydroxylation is 1. The lowest BCUT2D eigenvalue weighted by molar-refractivity contribution is -0.131. The van der Waals surface area contributed by atoms with Crippen molar-refractivity contribution in [3.05, 3.63) is 89.0 Å². The maximum atomic E-state index is 13.5. The summed E-state index contributed by atoms with van der Waals surface area (Å²) >= 11 is 0. The number of ether oxygens (including phenoxy) is 3. The van der Waals surface area contributed by atoms with E-state index in [9.17, 15) is 9.59 Å². The Labute approximate surface area is 198 Å². The minimum absolute atomic E-state index is 0.222. The van der Waals surface area contributed by atoms with Crippen molar-refractivity contribution in [2.75, 3.05) is 14.2 Å². The van der Waals surface area contributed by atoms with Gasteiger partial charge in [-0.25, -0.2) is 5.01 Å². The average Bonchev–Trinajstić information content (AvgIpc) is 3.29. The summed E-state index contributed by atoms with van der Waals surface area (Å²) < 4.78 is 16.2. The molecule has 7 nitrogen and oxygen atoms in total. The van der Waals surface area contributed by atoms with E-state index < -0.39 is 5.97 Å². The summed E-state index contributed by atoms with van der Waals surface area (Å²) in [5, 5.41) is 6.21. The van der Waals surface area contributed by atoms with Gasteiger partial charge in [0, 0.05) is 24.5 Å². The summed E-state index contributed by atoms with van der Waals surface area (Å²) in [4.78, 5) is 25.2. The molecule has 1 amide bonds. The number of hydrazone groups is 1. The van der Waals surface area contributed by atoms with Crippen LogP contribution >= 0.6 is 0 Å². The second-order valence-electron chi connectivity index (χ2n) is 7.99. The lowest BCUT2D eigenvalue weighted by atomic mass is 9.97. The molecule has 0 N–H and O–H groups in total. The highest BCUT2D eigenvalue weighted by atomic mass is 16.5. The third-order valence-corrected chi connectivity index (χ3v) is 5.66. The maximum Gasteiger partial charge on any atom is 0.308 e. The minimum atomic E-state index is -0.421. The highest BCUT2D eigenvalue weighted by Gasteiger charge is 2.35. The molecule has 3 aromatic carbocycles. The number of rotatable bonds is 6. The zero-order chi connectivity index (χ0) is 24.2. The predicted octanol–water partition coefficient (Wildman–Crippen LogP) is 4.93. The van der Waals surface area contributed by atoms with Crippen molar-refractivity contribution in [3.63, 3.8) is 0 Å². The first-order valence-electron chi connectivity index (χ1n) is 10.9. The van der Waals surface area contributed by atoms with E-state index in [0.29, 0.717) is 40.5 Å². The molecule has 0 aliphatic carbocycles. The van der Waals surface area contributed by atoms with E-state index in [4.69, 9.17) is 19.3 Å². The van der Waals surface area contributed by atoms with E-state index in [0.717, 1.165) is 11.1 Å². The molecule has 0 saturated carbocycles. The SMILES string of the molecule is COc1ccc(C2CC(c3ccccc3OC(C)=O)=NN2C(=O)c2ccc(C)cc2)cc1OC. The van der Waals surface area contributed by atoms with Crippen LogP contribution in [0.3, 0.4) is 0 Å². The van der Waals surface area contributed by atoms with Gasteiger partial charge in [0.05, 0.1) is 26.0 Å². The fraction of sp³-hybridized carbons (Fsp3) is 0.222. The molecule has 1 aliphatic heterocycles. The van der Waals surface area contributed by atoms with Crippen LogP contribution in [0.15, 0.2) is 71.8 Å². The number of esters is 1. The van der Waals surface area contributed by atoms with Gasteiger partial charge < -0.3 is 14.2 Å². The number of carbonyl (C=O) groups is 2. The highest BCUT2D eigenvalue weighted by molar-refractivity contribution is 6.07. The van der Waals surface area contributed by atoms with E-state index in [1.165, 1.54) is 11.9 Å².